The number of aromatic nitrogens is 1. The molecule has 0 radical (unpaired) electrons. The quantitative estimate of drug-likeness (QED) is 0.755. The fourth-order valence-corrected chi connectivity index (χ4v) is 2.70. The smallest absolute Gasteiger partial charge is 0.223 e. The lowest BCUT2D eigenvalue weighted by atomic mass is 10.1. The molecule has 1 aliphatic heterocycles. The van der Waals surface area contributed by atoms with Crippen molar-refractivity contribution in [3.63, 3.8) is 0 Å². The van der Waals surface area contributed by atoms with E-state index in [0.717, 1.165) is 16.5 Å². The Balaban J connectivity index is 1.70. The third-order valence-corrected chi connectivity index (χ3v) is 3.73. The van der Waals surface area contributed by atoms with Gasteiger partial charge in [-0.2, -0.15) is 0 Å². The maximum Gasteiger partial charge on any atom is 0.223 e. The van der Waals surface area contributed by atoms with Gasteiger partial charge < -0.3 is 14.8 Å². The molecule has 1 aliphatic rings. The van der Waals surface area contributed by atoms with Crippen LogP contribution in [0.25, 0.3) is 10.9 Å². The van der Waals surface area contributed by atoms with Crippen LogP contribution < -0.4 is 0 Å². The van der Waals surface area contributed by atoms with Gasteiger partial charge in [0.2, 0.25) is 11.8 Å². The van der Waals surface area contributed by atoms with Crippen LogP contribution in [0, 0.1) is 0 Å². The number of ether oxygens (including phenoxy) is 1. The second-order valence-electron chi connectivity index (χ2n) is 5.06. The minimum absolute atomic E-state index is 0.0886. The standard InChI is InChI=1S/C17H14N2O2/c20-16-15(12-8-4-5-9-13(12)19-16)17-18-10-14(21-17)11-6-2-1-3-7-11/h1-9,14,19-20H,10H2/t14-/m1/s1. The molecule has 0 aliphatic carbocycles. The Morgan fingerprint density at radius 2 is 1.81 bits per heavy atom. The second kappa shape index (κ2) is 4.66. The van der Waals surface area contributed by atoms with Gasteiger partial charge in [0.15, 0.2) is 0 Å². The van der Waals surface area contributed by atoms with Crippen molar-refractivity contribution in [1.82, 2.24) is 4.98 Å². The van der Waals surface area contributed by atoms with E-state index in [1.807, 2.05) is 54.6 Å². The predicted molar refractivity (Wildman–Crippen MR) is 81.6 cm³/mol. The number of fused-ring (bicyclic) bond motifs is 1. The lowest BCUT2D eigenvalue weighted by Crippen LogP contribution is -2.06. The van der Waals surface area contributed by atoms with Crippen LogP contribution in [-0.4, -0.2) is 22.5 Å². The van der Waals surface area contributed by atoms with Crippen molar-refractivity contribution in [3.05, 3.63) is 65.7 Å². The Hall–Kier alpha value is -2.75. The van der Waals surface area contributed by atoms with Crippen molar-refractivity contribution in [2.24, 2.45) is 4.99 Å². The van der Waals surface area contributed by atoms with Crippen LogP contribution in [0.4, 0.5) is 0 Å². The first-order valence-electron chi connectivity index (χ1n) is 6.89. The fourth-order valence-electron chi connectivity index (χ4n) is 2.70. The van der Waals surface area contributed by atoms with Crippen LogP contribution in [0.1, 0.15) is 17.2 Å². The summed E-state index contributed by atoms with van der Waals surface area (Å²) in [5, 5.41) is 11.1. The molecule has 21 heavy (non-hydrogen) atoms. The predicted octanol–water partition coefficient (Wildman–Crippen LogP) is 3.39. The van der Waals surface area contributed by atoms with Gasteiger partial charge in [-0.05, 0) is 11.6 Å². The molecular formula is C17H14N2O2. The van der Waals surface area contributed by atoms with E-state index in [1.54, 1.807) is 0 Å². The van der Waals surface area contributed by atoms with E-state index in [2.05, 4.69) is 9.98 Å². The third-order valence-electron chi connectivity index (χ3n) is 3.73. The van der Waals surface area contributed by atoms with Crippen molar-refractivity contribution in [2.75, 3.05) is 6.54 Å². The van der Waals surface area contributed by atoms with Crippen molar-refractivity contribution < 1.29 is 9.84 Å². The van der Waals surface area contributed by atoms with Crippen LogP contribution in [0.5, 0.6) is 5.88 Å². The highest BCUT2D eigenvalue weighted by Gasteiger charge is 2.26. The summed E-state index contributed by atoms with van der Waals surface area (Å²) >= 11 is 0. The van der Waals surface area contributed by atoms with Crippen molar-refractivity contribution in [1.29, 1.82) is 0 Å². The number of H-pyrrole nitrogens is 1. The van der Waals surface area contributed by atoms with E-state index in [1.165, 1.54) is 0 Å². The third kappa shape index (κ3) is 1.96. The number of rotatable bonds is 2. The number of para-hydroxylation sites is 1. The van der Waals surface area contributed by atoms with Crippen LogP contribution in [0.15, 0.2) is 59.6 Å². The normalized spacial score (nSPS) is 17.7. The number of aromatic hydroxyl groups is 1. The number of aromatic amines is 1. The van der Waals surface area contributed by atoms with Gasteiger partial charge in [-0.15, -0.1) is 0 Å². The molecule has 0 unspecified atom stereocenters. The summed E-state index contributed by atoms with van der Waals surface area (Å²) in [6.07, 6.45) is -0.0886. The van der Waals surface area contributed by atoms with Crippen LogP contribution in [0.3, 0.4) is 0 Å². The first kappa shape index (κ1) is 12.0. The first-order chi connectivity index (χ1) is 10.3. The first-order valence-corrected chi connectivity index (χ1v) is 6.89. The minimum Gasteiger partial charge on any atom is -0.494 e. The van der Waals surface area contributed by atoms with Gasteiger partial charge in [0, 0.05) is 10.9 Å². The van der Waals surface area contributed by atoms with E-state index >= 15 is 0 Å². The van der Waals surface area contributed by atoms with Gasteiger partial charge in [0.1, 0.15) is 11.7 Å². The largest absolute Gasteiger partial charge is 0.494 e. The average molecular weight is 278 g/mol. The zero-order valence-corrected chi connectivity index (χ0v) is 11.3. The van der Waals surface area contributed by atoms with Gasteiger partial charge >= 0.3 is 0 Å². The van der Waals surface area contributed by atoms with Crippen molar-refractivity contribution >= 4 is 16.8 Å². The highest BCUT2D eigenvalue weighted by atomic mass is 16.5. The molecule has 0 amide bonds. The fraction of sp³-hybridized carbons (Fsp3) is 0.118. The molecule has 1 atom stereocenters. The molecule has 0 bridgehead atoms. The zero-order valence-electron chi connectivity index (χ0n) is 11.3. The summed E-state index contributed by atoms with van der Waals surface area (Å²) in [5.41, 5.74) is 2.61. The van der Waals surface area contributed by atoms with Gasteiger partial charge in [-0.1, -0.05) is 48.5 Å². The number of hydrogen-bond acceptors (Lipinski definition) is 3. The van der Waals surface area contributed by atoms with Crippen LogP contribution in [0.2, 0.25) is 0 Å². The molecule has 0 spiro atoms. The highest BCUT2D eigenvalue weighted by molar-refractivity contribution is 6.09. The SMILES string of the molecule is Oc1[nH]c2ccccc2c1C1=NC[C@H](c2ccccc2)O1. The van der Waals surface area contributed by atoms with Crippen molar-refractivity contribution in [2.45, 2.75) is 6.10 Å². The minimum atomic E-state index is -0.0886. The summed E-state index contributed by atoms with van der Waals surface area (Å²) in [7, 11) is 0. The molecule has 2 aromatic carbocycles. The number of nitrogens with zero attached hydrogens (tertiary/aromatic N) is 1. The molecule has 3 aromatic rings. The molecule has 2 N–H and O–H groups in total. The number of nitrogens with one attached hydrogen (secondary N) is 1. The second-order valence-corrected chi connectivity index (χ2v) is 5.06. The number of hydrogen-bond donors (Lipinski definition) is 2. The van der Waals surface area contributed by atoms with Gasteiger partial charge in [-0.3, -0.25) is 0 Å². The molecule has 0 saturated carbocycles. The molecule has 4 nitrogen and oxygen atoms in total. The maximum absolute atomic E-state index is 10.1. The average Bonchev–Trinajstić information content (AvgIpc) is 3.11. The lowest BCUT2D eigenvalue weighted by Gasteiger charge is -2.11. The van der Waals surface area contributed by atoms with E-state index in [4.69, 9.17) is 4.74 Å². The topological polar surface area (TPSA) is 57.6 Å². The summed E-state index contributed by atoms with van der Waals surface area (Å²) in [6, 6.07) is 17.7. The Labute approximate surface area is 121 Å². The summed E-state index contributed by atoms with van der Waals surface area (Å²) < 4.78 is 5.95. The van der Waals surface area contributed by atoms with E-state index < -0.39 is 0 Å². The monoisotopic (exact) mass is 278 g/mol. The maximum atomic E-state index is 10.1. The Kier molecular flexibility index (Phi) is 2.67. The molecule has 1 aromatic heterocycles. The van der Waals surface area contributed by atoms with Crippen LogP contribution >= 0.6 is 0 Å². The zero-order chi connectivity index (χ0) is 14.2. The Bertz CT molecular complexity index is 821. The molecule has 4 rings (SSSR count). The molecule has 0 saturated heterocycles. The lowest BCUT2D eigenvalue weighted by molar-refractivity contribution is 0.230. The van der Waals surface area contributed by atoms with E-state index in [9.17, 15) is 5.11 Å². The molecule has 4 heteroatoms. The van der Waals surface area contributed by atoms with E-state index in [0.29, 0.717) is 18.0 Å². The molecule has 0 fully saturated rings. The van der Waals surface area contributed by atoms with Gasteiger partial charge in [-0.25, -0.2) is 4.99 Å². The summed E-state index contributed by atoms with van der Waals surface area (Å²) in [6.45, 7) is 0.568. The number of benzene rings is 2. The van der Waals surface area contributed by atoms with Crippen LogP contribution in [-0.2, 0) is 4.74 Å². The van der Waals surface area contributed by atoms with E-state index in [-0.39, 0.29) is 12.0 Å². The molecular weight excluding hydrogens is 264 g/mol. The summed E-state index contributed by atoms with van der Waals surface area (Å²) in [5.74, 6) is 0.600. The Morgan fingerprint density at radius 3 is 2.67 bits per heavy atom. The molecule has 2 heterocycles. The van der Waals surface area contributed by atoms with Gasteiger partial charge in [0.25, 0.3) is 0 Å². The Morgan fingerprint density at radius 1 is 1.05 bits per heavy atom. The van der Waals surface area contributed by atoms with Crippen molar-refractivity contribution in [3.8, 4) is 5.88 Å². The highest BCUT2D eigenvalue weighted by Crippen LogP contribution is 2.33. The molecule has 104 valence electrons. The summed E-state index contributed by atoms with van der Waals surface area (Å²) in [4.78, 5) is 7.41. The van der Waals surface area contributed by atoms with Gasteiger partial charge in [0.05, 0.1) is 6.54 Å². The number of aliphatic imine (C=N–C) groups is 1.